The quantitative estimate of drug-likeness (QED) is 0.305. The van der Waals surface area contributed by atoms with Crippen molar-refractivity contribution in [3.05, 3.63) is 63.4 Å². The Kier molecular flexibility index (Phi) is 7.89. The number of benzene rings is 1. The molecule has 0 spiro atoms. The molecule has 0 unspecified atom stereocenters. The minimum atomic E-state index is -0.539. The van der Waals surface area contributed by atoms with Gasteiger partial charge in [0.05, 0.1) is 21.7 Å². The van der Waals surface area contributed by atoms with Crippen molar-refractivity contribution >= 4 is 52.4 Å². The zero-order chi connectivity index (χ0) is 26.7. The van der Waals surface area contributed by atoms with Crippen LogP contribution in [-0.2, 0) is 4.79 Å². The van der Waals surface area contributed by atoms with Crippen LogP contribution in [0.4, 0.5) is 21.7 Å². The lowest BCUT2D eigenvalue weighted by Crippen LogP contribution is -2.35. The zero-order valence-corrected chi connectivity index (χ0v) is 21.9. The Hall–Kier alpha value is -3.76. The van der Waals surface area contributed by atoms with E-state index in [1.807, 2.05) is 13.8 Å². The lowest BCUT2D eigenvalue weighted by atomic mass is 10.0. The molecule has 4 rings (SSSR count). The summed E-state index contributed by atoms with van der Waals surface area (Å²) in [6, 6.07) is 4.20. The van der Waals surface area contributed by atoms with E-state index in [4.69, 9.17) is 11.6 Å². The van der Waals surface area contributed by atoms with E-state index in [1.54, 1.807) is 6.08 Å². The van der Waals surface area contributed by atoms with Gasteiger partial charge in [-0.05, 0) is 56.8 Å². The number of anilines is 3. The third-order valence-corrected chi connectivity index (χ3v) is 6.67. The SMILES string of the molecule is CCN(CC)CCNC(=O)c1c(C)[nH]c(/C=C2\C(=O)Nc3ncnc(Nc4ccc(F)c(Cl)c4)c32)c1C. The number of hydrogen-bond acceptors (Lipinski definition) is 6. The number of nitrogens with one attached hydrogen (secondary N) is 4. The number of fused-ring (bicyclic) bond motifs is 1. The number of amides is 2. The van der Waals surface area contributed by atoms with Crippen molar-refractivity contribution < 1.29 is 14.0 Å². The highest BCUT2D eigenvalue weighted by atomic mass is 35.5. The number of aryl methyl sites for hydroxylation is 1. The molecule has 2 amide bonds. The number of aromatic amines is 1. The second kappa shape index (κ2) is 11.1. The minimum Gasteiger partial charge on any atom is -0.358 e. The van der Waals surface area contributed by atoms with Crippen molar-refractivity contribution in [1.82, 2.24) is 25.2 Å². The van der Waals surface area contributed by atoms with Gasteiger partial charge in [-0.2, -0.15) is 0 Å². The van der Waals surface area contributed by atoms with Crippen LogP contribution >= 0.6 is 11.6 Å². The number of hydrogen-bond donors (Lipinski definition) is 4. The minimum absolute atomic E-state index is 0.0407. The van der Waals surface area contributed by atoms with Gasteiger partial charge >= 0.3 is 0 Å². The molecule has 0 saturated carbocycles. The van der Waals surface area contributed by atoms with Crippen LogP contribution in [-0.4, -0.2) is 57.8 Å². The first-order valence-electron chi connectivity index (χ1n) is 12.0. The van der Waals surface area contributed by atoms with Gasteiger partial charge in [0, 0.05) is 30.2 Å². The van der Waals surface area contributed by atoms with Crippen molar-refractivity contribution in [3.8, 4) is 0 Å². The summed E-state index contributed by atoms with van der Waals surface area (Å²) >= 11 is 5.91. The molecule has 0 bridgehead atoms. The number of H-pyrrole nitrogens is 1. The fraction of sp³-hybridized carbons (Fsp3) is 0.308. The second-order valence-corrected chi connectivity index (χ2v) is 9.07. The van der Waals surface area contributed by atoms with Crippen LogP contribution < -0.4 is 16.0 Å². The van der Waals surface area contributed by atoms with Crippen molar-refractivity contribution in [2.24, 2.45) is 0 Å². The number of nitrogens with zero attached hydrogens (tertiary/aromatic N) is 3. The molecule has 37 heavy (non-hydrogen) atoms. The van der Waals surface area contributed by atoms with Crippen LogP contribution in [0.3, 0.4) is 0 Å². The fourth-order valence-electron chi connectivity index (χ4n) is 4.33. The van der Waals surface area contributed by atoms with Crippen LogP contribution in [0.1, 0.15) is 46.7 Å². The Labute approximate surface area is 219 Å². The Bertz CT molecular complexity index is 1380. The molecule has 9 nitrogen and oxygen atoms in total. The van der Waals surface area contributed by atoms with E-state index in [0.717, 1.165) is 25.2 Å². The lowest BCUT2D eigenvalue weighted by molar-refractivity contribution is -0.110. The van der Waals surface area contributed by atoms with Gasteiger partial charge < -0.3 is 25.8 Å². The number of halogens is 2. The monoisotopic (exact) mass is 525 g/mol. The summed E-state index contributed by atoms with van der Waals surface area (Å²) in [5.41, 5.74) is 3.89. The van der Waals surface area contributed by atoms with Gasteiger partial charge in [-0.25, -0.2) is 14.4 Å². The van der Waals surface area contributed by atoms with Crippen LogP contribution in [0.2, 0.25) is 5.02 Å². The molecule has 2 aromatic heterocycles. The maximum absolute atomic E-state index is 13.6. The Morgan fingerprint density at radius 3 is 2.68 bits per heavy atom. The largest absolute Gasteiger partial charge is 0.358 e. The second-order valence-electron chi connectivity index (χ2n) is 8.66. The molecule has 0 radical (unpaired) electrons. The third-order valence-electron chi connectivity index (χ3n) is 6.38. The molecule has 1 aliphatic heterocycles. The Morgan fingerprint density at radius 2 is 1.97 bits per heavy atom. The van der Waals surface area contributed by atoms with Gasteiger partial charge in [-0.15, -0.1) is 0 Å². The highest BCUT2D eigenvalue weighted by Gasteiger charge is 2.30. The van der Waals surface area contributed by atoms with Gasteiger partial charge in [0.2, 0.25) is 0 Å². The molecule has 0 saturated heterocycles. The molecular weight excluding hydrogens is 497 g/mol. The smallest absolute Gasteiger partial charge is 0.257 e. The lowest BCUT2D eigenvalue weighted by Gasteiger charge is -2.18. The first kappa shape index (κ1) is 26.3. The molecule has 1 aliphatic rings. The van der Waals surface area contributed by atoms with Crippen molar-refractivity contribution in [2.45, 2.75) is 27.7 Å². The average molecular weight is 526 g/mol. The number of rotatable bonds is 9. The standard InChI is InChI=1S/C26H29ClFN7O2/c1-5-35(6-2)10-9-29-26(37)21-14(3)20(32-15(21)4)12-17-22-23(30-13-31-24(22)34-25(17)36)33-16-7-8-19(28)18(27)11-16/h7-8,11-13,32H,5-6,9-10H2,1-4H3,(H,29,37)(H2,30,31,33,34,36)/b17-12-. The third kappa shape index (κ3) is 5.50. The van der Waals surface area contributed by atoms with Crippen LogP contribution in [0.15, 0.2) is 24.5 Å². The van der Waals surface area contributed by atoms with Crippen molar-refractivity contribution in [2.75, 3.05) is 36.8 Å². The van der Waals surface area contributed by atoms with E-state index in [1.165, 1.54) is 24.5 Å². The maximum atomic E-state index is 13.6. The number of likely N-dealkylation sites (N-methyl/N-ethyl adjacent to an activating group) is 1. The normalized spacial score (nSPS) is 13.7. The van der Waals surface area contributed by atoms with Gasteiger partial charge in [-0.1, -0.05) is 25.4 Å². The van der Waals surface area contributed by atoms with Gasteiger partial charge in [-0.3, -0.25) is 9.59 Å². The Balaban J connectivity index is 1.63. The van der Waals surface area contributed by atoms with Crippen molar-refractivity contribution in [3.63, 3.8) is 0 Å². The summed E-state index contributed by atoms with van der Waals surface area (Å²) in [6.45, 7) is 11.0. The molecule has 0 aliphatic carbocycles. The Morgan fingerprint density at radius 1 is 1.22 bits per heavy atom. The van der Waals surface area contributed by atoms with Crippen molar-refractivity contribution in [1.29, 1.82) is 0 Å². The van der Waals surface area contributed by atoms with E-state index in [9.17, 15) is 14.0 Å². The maximum Gasteiger partial charge on any atom is 0.257 e. The molecule has 11 heteroatoms. The van der Waals surface area contributed by atoms with E-state index < -0.39 is 5.82 Å². The van der Waals surface area contributed by atoms with E-state index in [-0.39, 0.29) is 16.8 Å². The van der Waals surface area contributed by atoms with Gasteiger partial charge in [0.15, 0.2) is 0 Å². The summed E-state index contributed by atoms with van der Waals surface area (Å²) in [5, 5.41) is 8.78. The van der Waals surface area contributed by atoms with Gasteiger partial charge in [0.1, 0.15) is 23.8 Å². The molecule has 194 valence electrons. The molecular formula is C26H29ClFN7O2. The van der Waals surface area contributed by atoms with Crippen LogP contribution in [0.5, 0.6) is 0 Å². The predicted molar refractivity (Wildman–Crippen MR) is 144 cm³/mol. The predicted octanol–water partition coefficient (Wildman–Crippen LogP) is 4.52. The first-order valence-corrected chi connectivity index (χ1v) is 12.4. The van der Waals surface area contributed by atoms with Crippen LogP contribution in [0, 0.1) is 19.7 Å². The highest BCUT2D eigenvalue weighted by molar-refractivity contribution is 6.35. The number of carbonyl (C=O) groups is 2. The summed E-state index contributed by atoms with van der Waals surface area (Å²) in [6.07, 6.45) is 3.00. The topological polar surface area (TPSA) is 115 Å². The van der Waals surface area contributed by atoms with E-state index >= 15 is 0 Å². The molecule has 4 N–H and O–H groups in total. The van der Waals surface area contributed by atoms with E-state index in [2.05, 4.69) is 49.6 Å². The van der Waals surface area contributed by atoms with Crippen LogP contribution in [0.25, 0.3) is 11.6 Å². The molecule has 0 atom stereocenters. The number of carbonyl (C=O) groups excluding carboxylic acids is 2. The summed E-state index contributed by atoms with van der Waals surface area (Å²) in [4.78, 5) is 39.8. The number of aromatic nitrogens is 3. The molecule has 1 aromatic carbocycles. The molecule has 0 fully saturated rings. The van der Waals surface area contributed by atoms with Gasteiger partial charge in [0.25, 0.3) is 11.8 Å². The molecule has 3 aromatic rings. The fourth-order valence-corrected chi connectivity index (χ4v) is 4.51. The summed E-state index contributed by atoms with van der Waals surface area (Å²) in [7, 11) is 0. The first-order chi connectivity index (χ1) is 17.7. The molecule has 3 heterocycles. The highest BCUT2D eigenvalue weighted by Crippen LogP contribution is 2.38. The zero-order valence-electron chi connectivity index (χ0n) is 21.1. The average Bonchev–Trinajstić information content (AvgIpc) is 3.34. The summed E-state index contributed by atoms with van der Waals surface area (Å²) in [5.74, 6) is -0.362. The van der Waals surface area contributed by atoms with E-state index in [0.29, 0.717) is 52.0 Å². The summed E-state index contributed by atoms with van der Waals surface area (Å²) < 4.78 is 13.6.